The summed E-state index contributed by atoms with van der Waals surface area (Å²) in [5, 5.41) is 24.9. The summed E-state index contributed by atoms with van der Waals surface area (Å²) in [6.07, 6.45) is 5.44. The zero-order valence-corrected chi connectivity index (χ0v) is 21.3. The molecule has 190 valence electrons. The number of nitrogens with one attached hydrogen (secondary N) is 1. The molecule has 35 heavy (non-hydrogen) atoms. The first-order valence-corrected chi connectivity index (χ1v) is 13.3. The van der Waals surface area contributed by atoms with E-state index in [9.17, 15) is 19.8 Å². The standard InChI is InChI=1S/C28H38N2O5/c1-15-7-8-21-26(2,3)22(32)9-10-27(21,4)28(15)13-17-20(31)12-16-18(23(17)35-28)14-30(25(16)34)19-6-5-11-29-24(19)33/h12,15,19,21-22,31-32H,5-11,13-14H2,1-4H3,(H,29,33)/t15-,19+,21+,22-,27+,28-/m1/s1. The maximum absolute atomic E-state index is 13.4. The molecule has 0 aromatic heterocycles. The third-order valence-corrected chi connectivity index (χ3v) is 10.8. The molecule has 7 nitrogen and oxygen atoms in total. The van der Waals surface area contributed by atoms with Gasteiger partial charge in [-0.25, -0.2) is 0 Å². The number of benzene rings is 1. The number of ether oxygens (including phenoxy) is 1. The van der Waals surface area contributed by atoms with Gasteiger partial charge < -0.3 is 25.2 Å². The van der Waals surface area contributed by atoms with Crippen LogP contribution in [0.25, 0.3) is 0 Å². The van der Waals surface area contributed by atoms with Crippen molar-refractivity contribution in [2.75, 3.05) is 6.54 Å². The normalized spacial score (nSPS) is 39.6. The first-order chi connectivity index (χ1) is 16.5. The first kappa shape index (κ1) is 23.1. The fraction of sp³-hybridized carbons (Fsp3) is 0.714. The maximum Gasteiger partial charge on any atom is 0.255 e. The molecule has 1 spiro atoms. The van der Waals surface area contributed by atoms with Crippen LogP contribution in [0, 0.1) is 22.7 Å². The highest BCUT2D eigenvalue weighted by atomic mass is 16.5. The number of phenolic OH excluding ortho intramolecular Hbond substituents is 1. The summed E-state index contributed by atoms with van der Waals surface area (Å²) in [6.45, 7) is 9.94. The molecular weight excluding hydrogens is 444 g/mol. The van der Waals surface area contributed by atoms with Gasteiger partial charge in [-0.05, 0) is 61.8 Å². The van der Waals surface area contributed by atoms with Gasteiger partial charge in [-0.2, -0.15) is 0 Å². The van der Waals surface area contributed by atoms with E-state index in [1.807, 2.05) is 0 Å². The zero-order chi connectivity index (χ0) is 24.9. The smallest absolute Gasteiger partial charge is 0.255 e. The summed E-state index contributed by atoms with van der Waals surface area (Å²) in [5.74, 6) is 1.04. The van der Waals surface area contributed by atoms with Crippen LogP contribution in [0.2, 0.25) is 0 Å². The fourth-order valence-electron chi connectivity index (χ4n) is 8.60. The molecular formula is C28H38N2O5. The molecule has 1 aromatic carbocycles. The number of hydrogen-bond acceptors (Lipinski definition) is 5. The summed E-state index contributed by atoms with van der Waals surface area (Å²) in [4.78, 5) is 27.6. The predicted molar refractivity (Wildman–Crippen MR) is 130 cm³/mol. The molecule has 2 aliphatic carbocycles. The van der Waals surface area contributed by atoms with E-state index in [4.69, 9.17) is 4.74 Å². The molecule has 6 rings (SSSR count). The monoisotopic (exact) mass is 482 g/mol. The lowest BCUT2D eigenvalue weighted by Crippen LogP contribution is -2.66. The Morgan fingerprint density at radius 1 is 1.11 bits per heavy atom. The van der Waals surface area contributed by atoms with Crippen LogP contribution in [-0.2, 0) is 17.8 Å². The SMILES string of the molecule is C[C@@H]1CC[C@H]2C(C)(C)[C@H](O)CC[C@]2(C)[C@@]12Cc1c(O)cc3c(c1O2)CN([C@H]1CCCNC1=O)C3=O. The highest BCUT2D eigenvalue weighted by Gasteiger charge is 2.67. The average molecular weight is 483 g/mol. The van der Waals surface area contributed by atoms with Gasteiger partial charge in [-0.3, -0.25) is 9.59 Å². The number of carbonyl (C=O) groups is 2. The van der Waals surface area contributed by atoms with Crippen LogP contribution in [0.15, 0.2) is 6.07 Å². The van der Waals surface area contributed by atoms with Gasteiger partial charge in [0.25, 0.3) is 5.91 Å². The first-order valence-electron chi connectivity index (χ1n) is 13.3. The molecule has 1 aromatic rings. The van der Waals surface area contributed by atoms with E-state index in [0.717, 1.165) is 43.2 Å². The minimum atomic E-state index is -0.499. The second kappa shape index (κ2) is 7.37. The number of aromatic hydroxyl groups is 1. The number of hydrogen-bond donors (Lipinski definition) is 3. The number of nitrogens with zero attached hydrogens (tertiary/aromatic N) is 1. The van der Waals surface area contributed by atoms with Crippen LogP contribution in [-0.4, -0.2) is 51.2 Å². The molecule has 3 heterocycles. The predicted octanol–water partition coefficient (Wildman–Crippen LogP) is 3.53. The maximum atomic E-state index is 13.4. The quantitative estimate of drug-likeness (QED) is 0.569. The number of aliphatic hydroxyl groups is 1. The molecule has 2 saturated carbocycles. The third-order valence-electron chi connectivity index (χ3n) is 10.8. The molecule has 3 aliphatic heterocycles. The van der Waals surface area contributed by atoms with Crippen molar-refractivity contribution in [2.24, 2.45) is 22.7 Å². The van der Waals surface area contributed by atoms with Crippen molar-refractivity contribution in [1.29, 1.82) is 0 Å². The van der Waals surface area contributed by atoms with Crippen molar-refractivity contribution in [1.82, 2.24) is 10.2 Å². The lowest BCUT2D eigenvalue weighted by Gasteiger charge is -2.64. The number of piperidine rings is 1. The number of fused-ring (bicyclic) bond motifs is 5. The van der Waals surface area contributed by atoms with Crippen molar-refractivity contribution in [3.8, 4) is 11.5 Å². The number of rotatable bonds is 1. The summed E-state index contributed by atoms with van der Waals surface area (Å²) in [6, 6.07) is 1.12. The van der Waals surface area contributed by atoms with Crippen molar-refractivity contribution in [3.63, 3.8) is 0 Å². The minimum Gasteiger partial charge on any atom is -0.508 e. The Morgan fingerprint density at radius 2 is 1.89 bits per heavy atom. The van der Waals surface area contributed by atoms with Crippen molar-refractivity contribution in [2.45, 2.75) is 96.9 Å². The summed E-state index contributed by atoms with van der Waals surface area (Å²) in [5.41, 5.74) is 1.18. The van der Waals surface area contributed by atoms with Crippen LogP contribution in [0.3, 0.4) is 0 Å². The lowest BCUT2D eigenvalue weighted by atomic mass is 9.43. The number of amides is 2. The third kappa shape index (κ3) is 2.87. The van der Waals surface area contributed by atoms with Crippen molar-refractivity contribution < 1.29 is 24.5 Å². The van der Waals surface area contributed by atoms with Gasteiger partial charge in [0.2, 0.25) is 5.91 Å². The van der Waals surface area contributed by atoms with Gasteiger partial charge in [-0.1, -0.05) is 27.7 Å². The number of aliphatic hydroxyl groups excluding tert-OH is 1. The van der Waals surface area contributed by atoms with Gasteiger partial charge >= 0.3 is 0 Å². The molecule has 0 bridgehead atoms. The van der Waals surface area contributed by atoms with E-state index >= 15 is 0 Å². The Kier molecular flexibility index (Phi) is 4.87. The van der Waals surface area contributed by atoms with Crippen molar-refractivity contribution in [3.05, 3.63) is 22.8 Å². The van der Waals surface area contributed by atoms with Gasteiger partial charge in [0.05, 0.1) is 18.2 Å². The summed E-state index contributed by atoms with van der Waals surface area (Å²) in [7, 11) is 0. The average Bonchev–Trinajstić information content (AvgIpc) is 3.37. The van der Waals surface area contributed by atoms with E-state index in [1.54, 1.807) is 11.0 Å². The molecule has 7 heteroatoms. The van der Waals surface area contributed by atoms with Crippen LogP contribution in [0.5, 0.6) is 11.5 Å². The topological polar surface area (TPSA) is 99.1 Å². The van der Waals surface area contributed by atoms with E-state index in [-0.39, 0.29) is 40.4 Å². The molecule has 5 aliphatic rings. The van der Waals surface area contributed by atoms with E-state index < -0.39 is 11.6 Å². The van der Waals surface area contributed by atoms with Crippen LogP contribution in [0.4, 0.5) is 0 Å². The van der Waals surface area contributed by atoms with E-state index in [1.165, 1.54) is 0 Å². The fourth-order valence-corrected chi connectivity index (χ4v) is 8.60. The Morgan fingerprint density at radius 3 is 2.63 bits per heavy atom. The number of phenols is 1. The van der Waals surface area contributed by atoms with E-state index in [2.05, 4.69) is 33.0 Å². The molecule has 2 amide bonds. The highest BCUT2D eigenvalue weighted by molar-refractivity contribution is 6.02. The summed E-state index contributed by atoms with van der Waals surface area (Å²) < 4.78 is 7.06. The van der Waals surface area contributed by atoms with Gasteiger partial charge in [0, 0.05) is 29.5 Å². The molecule has 0 unspecified atom stereocenters. The Bertz CT molecular complexity index is 1120. The van der Waals surface area contributed by atoms with Crippen LogP contribution in [0.1, 0.15) is 87.7 Å². The molecule has 3 N–H and O–H groups in total. The second-order valence-electron chi connectivity index (χ2n) is 12.6. The largest absolute Gasteiger partial charge is 0.508 e. The Labute approximate surface area is 207 Å². The molecule has 0 radical (unpaired) electrons. The Hall–Kier alpha value is -2.28. The van der Waals surface area contributed by atoms with Crippen LogP contribution >= 0.6 is 0 Å². The van der Waals surface area contributed by atoms with Crippen molar-refractivity contribution >= 4 is 11.8 Å². The lowest BCUT2D eigenvalue weighted by molar-refractivity contribution is -0.210. The minimum absolute atomic E-state index is 0.102. The molecule has 6 atom stereocenters. The van der Waals surface area contributed by atoms with Gasteiger partial charge in [0.1, 0.15) is 23.1 Å². The highest BCUT2D eigenvalue weighted by Crippen LogP contribution is 2.67. The number of carbonyl (C=O) groups excluding carboxylic acids is 2. The Balaban J connectivity index is 1.41. The second-order valence-corrected chi connectivity index (χ2v) is 12.6. The van der Waals surface area contributed by atoms with Gasteiger partial charge in [-0.15, -0.1) is 0 Å². The van der Waals surface area contributed by atoms with Gasteiger partial charge in [0.15, 0.2) is 0 Å². The zero-order valence-electron chi connectivity index (χ0n) is 21.3. The molecule has 1 saturated heterocycles. The summed E-state index contributed by atoms with van der Waals surface area (Å²) >= 11 is 0. The van der Waals surface area contributed by atoms with E-state index in [0.29, 0.717) is 43.2 Å². The van der Waals surface area contributed by atoms with Crippen LogP contribution < -0.4 is 10.1 Å². The molecule has 3 fully saturated rings.